The van der Waals surface area contributed by atoms with Gasteiger partial charge in [0.15, 0.2) is 0 Å². The van der Waals surface area contributed by atoms with Crippen LogP contribution in [0.2, 0.25) is 0 Å². The number of halogens is 3. The Morgan fingerprint density at radius 2 is 2.00 bits per heavy atom. The van der Waals surface area contributed by atoms with E-state index in [2.05, 4.69) is 17.2 Å². The van der Waals surface area contributed by atoms with Crippen LogP contribution in [-0.2, 0) is 6.18 Å². The number of aryl methyl sites for hydroxylation is 1. The number of aromatic nitrogens is 1. The van der Waals surface area contributed by atoms with Crippen molar-refractivity contribution in [1.82, 2.24) is 4.98 Å². The Hall–Kier alpha value is -3.29. The van der Waals surface area contributed by atoms with E-state index in [0.29, 0.717) is 23.1 Å². The molecule has 1 aromatic heterocycles. The van der Waals surface area contributed by atoms with Gasteiger partial charge in [-0.15, -0.1) is 0 Å². The van der Waals surface area contributed by atoms with E-state index in [0.717, 1.165) is 43.7 Å². The van der Waals surface area contributed by atoms with Gasteiger partial charge in [0.25, 0.3) is 5.91 Å². The minimum atomic E-state index is -4.66. The van der Waals surface area contributed by atoms with E-state index in [1.165, 1.54) is 12.3 Å². The van der Waals surface area contributed by atoms with Crippen molar-refractivity contribution in [3.05, 3.63) is 69.5 Å². The largest absolute Gasteiger partial charge is 0.418 e. The highest BCUT2D eigenvalue weighted by Gasteiger charge is 2.36. The minimum Gasteiger partial charge on any atom is -0.369 e. The Bertz CT molecular complexity index is 1270. The first-order valence-electron chi connectivity index (χ1n) is 11.6. The van der Waals surface area contributed by atoms with Gasteiger partial charge in [-0.1, -0.05) is 31.4 Å². The molecule has 2 aromatic carbocycles. The fourth-order valence-electron chi connectivity index (χ4n) is 4.66. The first-order valence-corrected chi connectivity index (χ1v) is 11.6. The Balaban J connectivity index is 1.65. The van der Waals surface area contributed by atoms with Gasteiger partial charge in [-0.05, 0) is 56.5 Å². The number of H-pyrrole nitrogens is 1. The summed E-state index contributed by atoms with van der Waals surface area (Å²) in [5.74, 6) is -0.884. The van der Waals surface area contributed by atoms with Gasteiger partial charge in [0.2, 0.25) is 5.43 Å². The molecule has 2 heterocycles. The zero-order chi connectivity index (χ0) is 24.5. The van der Waals surface area contributed by atoms with E-state index in [-0.39, 0.29) is 17.3 Å². The fraction of sp³-hybridized carbons (Fsp3) is 0.385. The molecular formula is C26H28F3N3O2. The smallest absolute Gasteiger partial charge is 0.369 e. The number of rotatable bonds is 6. The molecule has 180 valence electrons. The van der Waals surface area contributed by atoms with Crippen molar-refractivity contribution in [3.8, 4) is 0 Å². The van der Waals surface area contributed by atoms with Crippen molar-refractivity contribution in [2.75, 3.05) is 16.8 Å². The summed E-state index contributed by atoms with van der Waals surface area (Å²) < 4.78 is 41.9. The molecule has 1 amide bonds. The van der Waals surface area contributed by atoms with E-state index >= 15 is 0 Å². The number of nitrogens with zero attached hydrogens (tertiary/aromatic N) is 1. The highest BCUT2D eigenvalue weighted by molar-refractivity contribution is 6.06. The van der Waals surface area contributed by atoms with Crippen LogP contribution in [0.1, 0.15) is 60.5 Å². The molecule has 3 aromatic rings. The fourth-order valence-corrected chi connectivity index (χ4v) is 4.66. The predicted molar refractivity (Wildman–Crippen MR) is 129 cm³/mol. The van der Waals surface area contributed by atoms with Gasteiger partial charge in [-0.25, -0.2) is 0 Å². The number of carbonyl (C=O) groups is 1. The minimum absolute atomic E-state index is 0.223. The third kappa shape index (κ3) is 4.81. The summed E-state index contributed by atoms with van der Waals surface area (Å²) in [6.45, 7) is 4.62. The summed E-state index contributed by atoms with van der Waals surface area (Å²) in [6, 6.07) is 9.41. The molecule has 1 saturated heterocycles. The number of fused-ring (bicyclic) bond motifs is 1. The number of unbranched alkanes of at least 4 members (excludes halogenated alkanes) is 1. The van der Waals surface area contributed by atoms with Gasteiger partial charge in [0, 0.05) is 35.4 Å². The van der Waals surface area contributed by atoms with Gasteiger partial charge in [0.05, 0.1) is 11.3 Å². The maximum Gasteiger partial charge on any atom is 0.418 e. The lowest BCUT2D eigenvalue weighted by atomic mass is 10.1. The molecule has 1 fully saturated rings. The Morgan fingerprint density at radius 3 is 2.74 bits per heavy atom. The van der Waals surface area contributed by atoms with Crippen LogP contribution in [0.25, 0.3) is 10.9 Å². The Morgan fingerprint density at radius 1 is 1.21 bits per heavy atom. The normalized spacial score (nSPS) is 16.3. The molecule has 2 N–H and O–H groups in total. The van der Waals surface area contributed by atoms with Crippen LogP contribution in [0.5, 0.6) is 0 Å². The molecule has 4 rings (SSSR count). The molecule has 8 heteroatoms. The molecule has 1 atom stereocenters. The van der Waals surface area contributed by atoms with Gasteiger partial charge >= 0.3 is 6.18 Å². The van der Waals surface area contributed by atoms with Crippen molar-refractivity contribution in [1.29, 1.82) is 0 Å². The summed E-state index contributed by atoms with van der Waals surface area (Å²) >= 11 is 0. The predicted octanol–water partition coefficient (Wildman–Crippen LogP) is 6.27. The number of anilines is 2. The maximum atomic E-state index is 14.0. The number of pyridine rings is 1. The van der Waals surface area contributed by atoms with Crippen molar-refractivity contribution >= 4 is 28.2 Å². The van der Waals surface area contributed by atoms with Crippen LogP contribution < -0.4 is 15.6 Å². The topological polar surface area (TPSA) is 65.2 Å². The number of benzene rings is 2. The molecule has 0 aliphatic carbocycles. The first-order chi connectivity index (χ1) is 16.2. The number of hydrogen-bond acceptors (Lipinski definition) is 3. The van der Waals surface area contributed by atoms with Crippen LogP contribution in [0, 0.1) is 6.92 Å². The third-order valence-corrected chi connectivity index (χ3v) is 6.44. The van der Waals surface area contributed by atoms with Crippen LogP contribution in [0.4, 0.5) is 24.5 Å². The van der Waals surface area contributed by atoms with E-state index in [1.54, 1.807) is 18.2 Å². The summed E-state index contributed by atoms with van der Waals surface area (Å²) in [4.78, 5) is 30.6. The maximum absolute atomic E-state index is 14.0. The second kappa shape index (κ2) is 9.52. The van der Waals surface area contributed by atoms with E-state index in [1.807, 2.05) is 17.9 Å². The standard InChI is InChI=1S/C26H28F3N3O2/c1-3-4-6-17-7-5-12-32(17)18-9-11-23(21(14-18)26(27,28)29)31-25(34)20-15-30-22-10-8-16(2)13-19(22)24(20)33/h8-11,13-15,17H,3-7,12H2,1-2H3,(H,30,33)(H,31,34). The van der Waals surface area contributed by atoms with Crippen molar-refractivity contribution in [2.24, 2.45) is 0 Å². The molecule has 0 spiro atoms. The van der Waals surface area contributed by atoms with Crippen molar-refractivity contribution in [2.45, 2.75) is 58.2 Å². The van der Waals surface area contributed by atoms with Crippen molar-refractivity contribution in [3.63, 3.8) is 0 Å². The highest BCUT2D eigenvalue weighted by Crippen LogP contribution is 2.39. The zero-order valence-corrected chi connectivity index (χ0v) is 19.3. The Labute approximate surface area is 196 Å². The molecule has 34 heavy (non-hydrogen) atoms. The average Bonchev–Trinajstić information content (AvgIpc) is 3.26. The number of amides is 1. The zero-order valence-electron chi connectivity index (χ0n) is 19.3. The molecule has 0 radical (unpaired) electrons. The van der Waals surface area contributed by atoms with E-state index in [9.17, 15) is 22.8 Å². The molecular weight excluding hydrogens is 443 g/mol. The molecule has 5 nitrogen and oxygen atoms in total. The average molecular weight is 472 g/mol. The molecule has 0 saturated carbocycles. The van der Waals surface area contributed by atoms with Crippen LogP contribution in [0.15, 0.2) is 47.4 Å². The molecule has 1 unspecified atom stereocenters. The second-order valence-corrected chi connectivity index (χ2v) is 8.89. The van der Waals surface area contributed by atoms with Crippen LogP contribution >= 0.6 is 0 Å². The Kier molecular flexibility index (Phi) is 6.68. The number of hydrogen-bond donors (Lipinski definition) is 2. The third-order valence-electron chi connectivity index (χ3n) is 6.44. The lowest BCUT2D eigenvalue weighted by Gasteiger charge is -2.28. The number of alkyl halides is 3. The number of aromatic amines is 1. The quantitative estimate of drug-likeness (QED) is 0.446. The molecule has 1 aliphatic heterocycles. The highest BCUT2D eigenvalue weighted by atomic mass is 19.4. The molecule has 0 bridgehead atoms. The van der Waals surface area contributed by atoms with E-state index < -0.39 is 23.1 Å². The monoisotopic (exact) mass is 471 g/mol. The van der Waals surface area contributed by atoms with Gasteiger partial charge < -0.3 is 15.2 Å². The number of carbonyl (C=O) groups excluding carboxylic acids is 1. The van der Waals surface area contributed by atoms with Gasteiger partial charge in [-0.3, -0.25) is 9.59 Å². The van der Waals surface area contributed by atoms with E-state index in [4.69, 9.17) is 0 Å². The van der Waals surface area contributed by atoms with Gasteiger partial charge in [-0.2, -0.15) is 13.2 Å². The second-order valence-electron chi connectivity index (χ2n) is 8.89. The lowest BCUT2D eigenvalue weighted by molar-refractivity contribution is -0.136. The van der Waals surface area contributed by atoms with Crippen LogP contribution in [-0.4, -0.2) is 23.5 Å². The summed E-state index contributed by atoms with van der Waals surface area (Å²) in [6.07, 6.45) is 1.49. The first kappa shape index (κ1) is 23.9. The number of nitrogens with one attached hydrogen (secondary N) is 2. The van der Waals surface area contributed by atoms with Crippen LogP contribution in [0.3, 0.4) is 0 Å². The summed E-state index contributed by atoms with van der Waals surface area (Å²) in [7, 11) is 0. The molecule has 1 aliphatic rings. The summed E-state index contributed by atoms with van der Waals surface area (Å²) in [5.41, 5.74) is -0.171. The van der Waals surface area contributed by atoms with Crippen molar-refractivity contribution < 1.29 is 18.0 Å². The lowest BCUT2D eigenvalue weighted by Crippen LogP contribution is -2.29. The van der Waals surface area contributed by atoms with Gasteiger partial charge in [0.1, 0.15) is 5.56 Å². The summed E-state index contributed by atoms with van der Waals surface area (Å²) in [5, 5.41) is 2.63. The SMILES string of the molecule is CCCCC1CCCN1c1ccc(NC(=O)c2c[nH]c3ccc(C)cc3c2=O)c(C(F)(F)F)c1.